The van der Waals surface area contributed by atoms with Crippen molar-refractivity contribution >= 4 is 27.1 Å². The summed E-state index contributed by atoms with van der Waals surface area (Å²) in [6.07, 6.45) is 2.06. The van der Waals surface area contributed by atoms with Crippen LogP contribution < -0.4 is 9.64 Å². The number of ketones is 1. The van der Waals surface area contributed by atoms with E-state index in [0.29, 0.717) is 29.8 Å². The molecule has 2 aliphatic rings. The number of benzene rings is 1. The van der Waals surface area contributed by atoms with Crippen LogP contribution in [0.15, 0.2) is 42.7 Å². The number of fused-ring (bicyclic) bond motifs is 1. The molecule has 0 bridgehead atoms. The van der Waals surface area contributed by atoms with Crippen LogP contribution >= 0.6 is 0 Å². The summed E-state index contributed by atoms with van der Waals surface area (Å²) in [5.74, 6) is -0.943. The standard InChI is InChI=1S/C25H27F3N2O4S/c1-15-24(2,3)18-12-17(21(31)14-25(4)6-9-35(32,33)10-7-25)19(26)13-20(18)30(15)22-11-16(5-8-29-22)34-23(27)28/h5,8,11-13,23H,1,6-7,9-10,14H2,2-4H3. The Morgan fingerprint density at radius 3 is 2.49 bits per heavy atom. The summed E-state index contributed by atoms with van der Waals surface area (Å²) in [5.41, 5.74) is 0.291. The lowest BCUT2D eigenvalue weighted by Gasteiger charge is -2.32. The number of hydrogen-bond acceptors (Lipinski definition) is 6. The molecule has 0 saturated carbocycles. The molecule has 0 unspecified atom stereocenters. The van der Waals surface area contributed by atoms with Gasteiger partial charge in [-0.15, -0.1) is 0 Å². The van der Waals surface area contributed by atoms with Crippen molar-refractivity contribution < 1.29 is 31.1 Å². The van der Waals surface area contributed by atoms with Gasteiger partial charge in [-0.1, -0.05) is 27.4 Å². The zero-order valence-electron chi connectivity index (χ0n) is 19.8. The Kier molecular flexibility index (Phi) is 6.24. The van der Waals surface area contributed by atoms with Gasteiger partial charge in [-0.3, -0.25) is 9.69 Å². The van der Waals surface area contributed by atoms with Gasteiger partial charge < -0.3 is 4.74 Å². The van der Waals surface area contributed by atoms with Crippen molar-refractivity contribution in [2.24, 2.45) is 5.41 Å². The Bertz CT molecular complexity index is 1290. The molecule has 6 nitrogen and oxygen atoms in total. The summed E-state index contributed by atoms with van der Waals surface area (Å²) >= 11 is 0. The summed E-state index contributed by atoms with van der Waals surface area (Å²) in [6.45, 7) is 6.71. The van der Waals surface area contributed by atoms with Gasteiger partial charge >= 0.3 is 6.61 Å². The van der Waals surface area contributed by atoms with Gasteiger partial charge in [0, 0.05) is 29.8 Å². The summed E-state index contributed by atoms with van der Waals surface area (Å²) in [7, 11) is -3.09. The van der Waals surface area contributed by atoms with Crippen LogP contribution in [0.1, 0.15) is 56.0 Å². The molecule has 0 spiro atoms. The number of allylic oxidation sites excluding steroid dienone is 1. The van der Waals surface area contributed by atoms with Crippen LogP contribution in [0.4, 0.5) is 24.7 Å². The van der Waals surface area contributed by atoms with Gasteiger partial charge in [0.15, 0.2) is 5.78 Å². The van der Waals surface area contributed by atoms with E-state index in [1.165, 1.54) is 30.5 Å². The van der Waals surface area contributed by atoms with Crippen molar-refractivity contribution in [2.75, 3.05) is 16.4 Å². The number of hydrogen-bond donors (Lipinski definition) is 0. The second-order valence-corrected chi connectivity index (χ2v) is 12.4. The van der Waals surface area contributed by atoms with Gasteiger partial charge in [0.2, 0.25) is 0 Å². The van der Waals surface area contributed by atoms with Crippen molar-refractivity contribution in [3.63, 3.8) is 0 Å². The molecule has 4 rings (SSSR count). The molecule has 188 valence electrons. The number of halogens is 3. The molecular weight excluding hydrogens is 481 g/mol. The van der Waals surface area contributed by atoms with E-state index < -0.39 is 38.9 Å². The fraction of sp³-hybridized carbons (Fsp3) is 0.440. The second kappa shape index (κ2) is 8.65. The van der Waals surface area contributed by atoms with Crippen LogP contribution in [0.25, 0.3) is 0 Å². The van der Waals surface area contributed by atoms with Gasteiger partial charge in [-0.05, 0) is 42.0 Å². The number of carbonyl (C=O) groups is 1. The molecule has 0 atom stereocenters. The first kappa shape index (κ1) is 25.2. The molecule has 1 aromatic heterocycles. The lowest BCUT2D eigenvalue weighted by molar-refractivity contribution is -0.0498. The Morgan fingerprint density at radius 1 is 1.20 bits per heavy atom. The first-order valence-corrected chi connectivity index (χ1v) is 13.0. The van der Waals surface area contributed by atoms with Crippen LogP contribution in [-0.4, -0.2) is 37.3 Å². The predicted molar refractivity (Wildman–Crippen MR) is 127 cm³/mol. The highest BCUT2D eigenvalue weighted by molar-refractivity contribution is 7.91. The molecule has 2 aliphatic heterocycles. The summed E-state index contributed by atoms with van der Waals surface area (Å²) in [6, 6.07) is 5.36. The van der Waals surface area contributed by atoms with Gasteiger partial charge in [0.25, 0.3) is 0 Å². The fourth-order valence-corrected chi connectivity index (χ4v) is 6.50. The van der Waals surface area contributed by atoms with E-state index in [4.69, 9.17) is 0 Å². The highest BCUT2D eigenvalue weighted by Gasteiger charge is 2.42. The summed E-state index contributed by atoms with van der Waals surface area (Å²) < 4.78 is 68.7. The van der Waals surface area contributed by atoms with E-state index in [2.05, 4.69) is 16.3 Å². The number of aromatic nitrogens is 1. The van der Waals surface area contributed by atoms with Crippen molar-refractivity contribution in [1.82, 2.24) is 4.98 Å². The van der Waals surface area contributed by atoms with Crippen LogP contribution in [0.5, 0.6) is 5.75 Å². The SMILES string of the molecule is C=C1N(c2cc(OC(F)F)ccn2)c2cc(F)c(C(=O)CC3(C)CCS(=O)(=O)CC3)cc2C1(C)C. The number of anilines is 2. The molecule has 10 heteroatoms. The number of sulfone groups is 1. The zero-order valence-corrected chi connectivity index (χ0v) is 20.6. The zero-order chi connectivity index (χ0) is 25.8. The molecule has 0 N–H and O–H groups in total. The van der Waals surface area contributed by atoms with E-state index >= 15 is 4.39 Å². The molecule has 1 fully saturated rings. The number of nitrogens with zero attached hydrogens (tertiary/aromatic N) is 2. The van der Waals surface area contributed by atoms with Crippen molar-refractivity contribution in [3.8, 4) is 5.75 Å². The first-order valence-electron chi connectivity index (χ1n) is 11.2. The number of pyridine rings is 1. The highest BCUT2D eigenvalue weighted by atomic mass is 32.2. The molecule has 0 radical (unpaired) electrons. The Morgan fingerprint density at radius 2 is 1.86 bits per heavy atom. The maximum atomic E-state index is 15.3. The van der Waals surface area contributed by atoms with Gasteiger partial charge in [0.1, 0.15) is 27.2 Å². The molecular formula is C25H27F3N2O4S. The van der Waals surface area contributed by atoms with E-state index in [0.717, 1.165) is 0 Å². The number of ether oxygens (including phenoxy) is 1. The molecule has 0 aliphatic carbocycles. The maximum absolute atomic E-state index is 15.3. The van der Waals surface area contributed by atoms with Crippen molar-refractivity contribution in [1.29, 1.82) is 0 Å². The van der Waals surface area contributed by atoms with Crippen molar-refractivity contribution in [3.05, 3.63) is 59.7 Å². The van der Waals surface area contributed by atoms with E-state index in [9.17, 15) is 22.0 Å². The lowest BCUT2D eigenvalue weighted by atomic mass is 9.77. The molecule has 1 saturated heterocycles. The number of rotatable bonds is 6. The van der Waals surface area contributed by atoms with Crippen LogP contribution in [0.3, 0.4) is 0 Å². The third kappa shape index (κ3) is 4.80. The quantitative estimate of drug-likeness (QED) is 0.476. The average molecular weight is 509 g/mol. The van der Waals surface area contributed by atoms with Crippen LogP contribution in [0, 0.1) is 11.2 Å². The van der Waals surface area contributed by atoms with Gasteiger partial charge in [-0.25, -0.2) is 17.8 Å². The lowest BCUT2D eigenvalue weighted by Crippen LogP contribution is -2.33. The minimum Gasteiger partial charge on any atom is -0.435 e. The third-order valence-electron chi connectivity index (χ3n) is 7.08. The first-order chi connectivity index (χ1) is 16.2. The average Bonchev–Trinajstić information content (AvgIpc) is 2.94. The Balaban J connectivity index is 1.68. The Hall–Kier alpha value is -2.88. The molecule has 2 aromatic rings. The number of Topliss-reactive ketones (excluding diaryl/α,β-unsaturated/α-hetero) is 1. The van der Waals surface area contributed by atoms with E-state index in [1.807, 2.05) is 20.8 Å². The van der Waals surface area contributed by atoms with Gasteiger partial charge in [0.05, 0.1) is 22.8 Å². The summed E-state index contributed by atoms with van der Waals surface area (Å²) in [4.78, 5) is 19.0. The largest absolute Gasteiger partial charge is 0.435 e. The molecule has 35 heavy (non-hydrogen) atoms. The normalized spacial score (nSPS) is 20.1. The number of carbonyl (C=O) groups excluding carboxylic acids is 1. The minimum absolute atomic E-state index is 0.0204. The van der Waals surface area contributed by atoms with Crippen LogP contribution in [-0.2, 0) is 15.3 Å². The smallest absolute Gasteiger partial charge is 0.387 e. The van der Waals surface area contributed by atoms with Gasteiger partial charge in [-0.2, -0.15) is 8.78 Å². The van der Waals surface area contributed by atoms with Crippen molar-refractivity contribution in [2.45, 2.75) is 52.1 Å². The second-order valence-electron chi connectivity index (χ2n) is 10.0. The maximum Gasteiger partial charge on any atom is 0.387 e. The highest BCUT2D eigenvalue weighted by Crippen LogP contribution is 2.51. The third-order valence-corrected chi connectivity index (χ3v) is 8.74. The van der Waals surface area contributed by atoms with E-state index in [-0.39, 0.29) is 35.1 Å². The topological polar surface area (TPSA) is 76.6 Å². The van der Waals surface area contributed by atoms with Crippen LogP contribution in [0.2, 0.25) is 0 Å². The molecule has 0 amide bonds. The number of alkyl halides is 2. The molecule has 3 heterocycles. The predicted octanol–water partition coefficient (Wildman–Crippen LogP) is 5.55. The summed E-state index contributed by atoms with van der Waals surface area (Å²) in [5, 5.41) is 0. The van der Waals surface area contributed by atoms with E-state index in [1.54, 1.807) is 4.90 Å². The monoisotopic (exact) mass is 508 g/mol. The Labute approximate surface area is 202 Å². The fourth-order valence-electron chi connectivity index (χ4n) is 4.69. The minimum atomic E-state index is -3.09. The molecule has 1 aromatic carbocycles.